The van der Waals surface area contributed by atoms with E-state index in [4.69, 9.17) is 10.2 Å². The Labute approximate surface area is 120 Å². The number of hydrogen-bond donors (Lipinski definition) is 2. The molecule has 1 aromatic rings. The Balaban J connectivity index is 2.94. The van der Waals surface area contributed by atoms with Crippen LogP contribution in [-0.4, -0.2) is 37.0 Å². The molecule has 0 aliphatic carbocycles. The maximum Gasteiger partial charge on any atom is 0.335 e. The first-order chi connectivity index (χ1) is 8.88. The second-order valence-corrected chi connectivity index (χ2v) is 6.99. The molecule has 5 nitrogen and oxygen atoms in total. The minimum Gasteiger partial charge on any atom is -0.478 e. The summed E-state index contributed by atoms with van der Waals surface area (Å²) in [5.74, 6) is -1.22. The third-order valence-corrected chi connectivity index (χ3v) is 5.37. The fourth-order valence-corrected chi connectivity index (χ4v) is 4.03. The molecule has 0 fully saturated rings. The SMILES string of the molecule is O=C(O)c1ccc(Br)c(S(=O)(=O)CCCCCO)c1. The molecule has 0 saturated heterocycles. The van der Waals surface area contributed by atoms with E-state index in [-0.39, 0.29) is 22.8 Å². The predicted octanol–water partition coefficient (Wildman–Crippen LogP) is 2.08. The zero-order valence-corrected chi connectivity index (χ0v) is 12.6. The van der Waals surface area contributed by atoms with Crippen LogP contribution in [0, 0.1) is 0 Å². The van der Waals surface area contributed by atoms with Gasteiger partial charge in [0.05, 0.1) is 16.2 Å². The van der Waals surface area contributed by atoms with E-state index >= 15 is 0 Å². The van der Waals surface area contributed by atoms with Gasteiger partial charge in [-0.3, -0.25) is 0 Å². The molecule has 0 aromatic heterocycles. The molecule has 0 unspecified atom stereocenters. The number of aromatic carboxylic acids is 1. The average molecular weight is 351 g/mol. The summed E-state index contributed by atoms with van der Waals surface area (Å²) in [7, 11) is -3.52. The number of aliphatic hydroxyl groups is 1. The number of rotatable bonds is 7. The number of hydrogen-bond acceptors (Lipinski definition) is 4. The van der Waals surface area contributed by atoms with Crippen LogP contribution in [0.2, 0.25) is 0 Å². The average Bonchev–Trinajstić information content (AvgIpc) is 2.34. The number of carboxylic acids is 1. The molecule has 0 heterocycles. The van der Waals surface area contributed by atoms with E-state index in [9.17, 15) is 13.2 Å². The molecular weight excluding hydrogens is 336 g/mol. The Bertz CT molecular complexity index is 553. The third-order valence-electron chi connectivity index (χ3n) is 2.58. The van der Waals surface area contributed by atoms with Crippen LogP contribution in [-0.2, 0) is 9.84 Å². The number of benzene rings is 1. The topological polar surface area (TPSA) is 91.7 Å². The molecule has 0 radical (unpaired) electrons. The van der Waals surface area contributed by atoms with Gasteiger partial charge < -0.3 is 10.2 Å². The molecular formula is C12H15BrO5S. The maximum atomic E-state index is 12.1. The van der Waals surface area contributed by atoms with Crippen LogP contribution in [0.3, 0.4) is 0 Å². The van der Waals surface area contributed by atoms with Crippen molar-refractivity contribution < 1.29 is 23.4 Å². The second-order valence-electron chi connectivity index (χ2n) is 4.05. The predicted molar refractivity (Wildman–Crippen MR) is 74.1 cm³/mol. The lowest BCUT2D eigenvalue weighted by Crippen LogP contribution is -2.09. The van der Waals surface area contributed by atoms with E-state index in [1.807, 2.05) is 0 Å². The lowest BCUT2D eigenvalue weighted by atomic mass is 10.2. The molecule has 19 heavy (non-hydrogen) atoms. The molecule has 0 aliphatic rings. The van der Waals surface area contributed by atoms with Crippen LogP contribution in [0.4, 0.5) is 0 Å². The van der Waals surface area contributed by atoms with Gasteiger partial charge in [0.2, 0.25) is 0 Å². The molecule has 1 rings (SSSR count). The van der Waals surface area contributed by atoms with Crippen molar-refractivity contribution in [3.05, 3.63) is 28.2 Å². The normalized spacial score (nSPS) is 11.5. The van der Waals surface area contributed by atoms with E-state index in [1.54, 1.807) is 0 Å². The van der Waals surface area contributed by atoms with Gasteiger partial charge in [0.1, 0.15) is 0 Å². The first-order valence-corrected chi connectivity index (χ1v) is 8.19. The maximum absolute atomic E-state index is 12.1. The van der Waals surface area contributed by atoms with Crippen LogP contribution in [0.1, 0.15) is 29.6 Å². The number of halogens is 1. The van der Waals surface area contributed by atoms with Gasteiger partial charge in [-0.05, 0) is 47.0 Å². The van der Waals surface area contributed by atoms with Gasteiger partial charge in [0.15, 0.2) is 9.84 Å². The number of sulfone groups is 1. The minimum absolute atomic E-state index is 0.00333. The van der Waals surface area contributed by atoms with Crippen molar-refractivity contribution >= 4 is 31.7 Å². The molecule has 106 valence electrons. The van der Waals surface area contributed by atoms with Gasteiger partial charge in [-0.1, -0.05) is 6.42 Å². The van der Waals surface area contributed by atoms with Crippen LogP contribution in [0.5, 0.6) is 0 Å². The summed E-state index contributed by atoms with van der Waals surface area (Å²) in [4.78, 5) is 10.8. The van der Waals surface area contributed by atoms with E-state index < -0.39 is 15.8 Å². The summed E-state index contributed by atoms with van der Waals surface area (Å²) in [6.45, 7) is 0.0399. The molecule has 0 spiro atoms. The highest BCUT2D eigenvalue weighted by Gasteiger charge is 2.19. The highest BCUT2D eigenvalue weighted by atomic mass is 79.9. The Morgan fingerprint density at radius 1 is 1.21 bits per heavy atom. The zero-order chi connectivity index (χ0) is 14.5. The molecule has 1 aromatic carbocycles. The van der Waals surface area contributed by atoms with Gasteiger partial charge in [0.25, 0.3) is 0 Å². The Kier molecular flexibility index (Phi) is 5.96. The monoisotopic (exact) mass is 350 g/mol. The summed E-state index contributed by atoms with van der Waals surface area (Å²) < 4.78 is 24.6. The quantitative estimate of drug-likeness (QED) is 0.734. The molecule has 0 aliphatic heterocycles. The van der Waals surface area contributed by atoms with Crippen molar-refractivity contribution in [2.24, 2.45) is 0 Å². The molecule has 2 N–H and O–H groups in total. The summed E-state index contributed by atoms with van der Waals surface area (Å²) >= 11 is 3.13. The van der Waals surface area contributed by atoms with Gasteiger partial charge in [-0.15, -0.1) is 0 Å². The van der Waals surface area contributed by atoms with Crippen molar-refractivity contribution in [3.8, 4) is 0 Å². The van der Waals surface area contributed by atoms with E-state index in [0.717, 1.165) is 6.07 Å². The summed E-state index contributed by atoms with van der Waals surface area (Å²) in [6, 6.07) is 3.93. The highest BCUT2D eigenvalue weighted by molar-refractivity contribution is 9.10. The minimum atomic E-state index is -3.52. The van der Waals surface area contributed by atoms with Crippen molar-refractivity contribution in [2.75, 3.05) is 12.4 Å². The largest absolute Gasteiger partial charge is 0.478 e. The molecule has 0 saturated carbocycles. The first-order valence-electron chi connectivity index (χ1n) is 5.75. The second kappa shape index (κ2) is 7.02. The number of carbonyl (C=O) groups is 1. The summed E-state index contributed by atoms with van der Waals surface area (Å²) in [6.07, 6.45) is 1.62. The zero-order valence-electron chi connectivity index (χ0n) is 10.2. The van der Waals surface area contributed by atoms with E-state index in [2.05, 4.69) is 15.9 Å². The van der Waals surface area contributed by atoms with Crippen LogP contribution >= 0.6 is 15.9 Å². The Morgan fingerprint density at radius 2 is 1.89 bits per heavy atom. The lowest BCUT2D eigenvalue weighted by molar-refractivity contribution is 0.0696. The molecule has 0 bridgehead atoms. The van der Waals surface area contributed by atoms with Crippen molar-refractivity contribution in [1.29, 1.82) is 0 Å². The van der Waals surface area contributed by atoms with Crippen LogP contribution < -0.4 is 0 Å². The smallest absolute Gasteiger partial charge is 0.335 e. The van der Waals surface area contributed by atoms with Crippen molar-refractivity contribution in [2.45, 2.75) is 24.2 Å². The van der Waals surface area contributed by atoms with Gasteiger partial charge >= 0.3 is 5.97 Å². The first kappa shape index (κ1) is 16.1. The number of carboxylic acid groups (broad SMARTS) is 1. The number of unbranched alkanes of at least 4 members (excludes halogenated alkanes) is 2. The summed E-state index contributed by atoms with van der Waals surface area (Å²) in [5, 5.41) is 17.5. The third kappa shape index (κ3) is 4.59. The standard InChI is InChI=1S/C12H15BrO5S/c13-10-5-4-9(12(15)16)8-11(10)19(17,18)7-3-1-2-6-14/h4-5,8,14H,1-3,6-7H2,(H,15,16). The fourth-order valence-electron chi connectivity index (χ4n) is 1.57. The lowest BCUT2D eigenvalue weighted by Gasteiger charge is -2.07. The highest BCUT2D eigenvalue weighted by Crippen LogP contribution is 2.25. The number of aliphatic hydroxyl groups excluding tert-OH is 1. The van der Waals surface area contributed by atoms with Crippen molar-refractivity contribution in [3.63, 3.8) is 0 Å². The van der Waals surface area contributed by atoms with Crippen LogP contribution in [0.15, 0.2) is 27.6 Å². The van der Waals surface area contributed by atoms with Crippen LogP contribution in [0.25, 0.3) is 0 Å². The van der Waals surface area contributed by atoms with E-state index in [1.165, 1.54) is 12.1 Å². The van der Waals surface area contributed by atoms with Crippen molar-refractivity contribution in [1.82, 2.24) is 0 Å². The molecule has 0 amide bonds. The summed E-state index contributed by atoms with van der Waals surface area (Å²) in [5.41, 5.74) is -0.0582. The fraction of sp³-hybridized carbons (Fsp3) is 0.417. The van der Waals surface area contributed by atoms with E-state index in [0.29, 0.717) is 23.7 Å². The molecule has 0 atom stereocenters. The van der Waals surface area contributed by atoms with Gasteiger partial charge in [0, 0.05) is 11.1 Å². The van der Waals surface area contributed by atoms with Gasteiger partial charge in [-0.2, -0.15) is 0 Å². The molecule has 7 heteroatoms. The Morgan fingerprint density at radius 3 is 2.47 bits per heavy atom. The van der Waals surface area contributed by atoms with Gasteiger partial charge in [-0.25, -0.2) is 13.2 Å². The Hall–Kier alpha value is -0.920.